The van der Waals surface area contributed by atoms with Gasteiger partial charge in [0.1, 0.15) is 18.0 Å². The van der Waals surface area contributed by atoms with E-state index in [9.17, 15) is 27.7 Å². The van der Waals surface area contributed by atoms with Crippen molar-refractivity contribution in [3.8, 4) is 0 Å². The normalized spacial score (nSPS) is 11.5. The highest BCUT2D eigenvalue weighted by molar-refractivity contribution is 9.10. The van der Waals surface area contributed by atoms with E-state index in [1.807, 2.05) is 0 Å². The van der Waals surface area contributed by atoms with Crippen molar-refractivity contribution in [2.75, 3.05) is 24.6 Å². The van der Waals surface area contributed by atoms with Crippen LogP contribution in [0.2, 0.25) is 0 Å². The standard InChI is InChI=1S/C10H9BrF4N2O3/c11-6-3-8(9(17(19)20)4-7(6)12)16(1-2-18)5-10(13,14)15/h3-4,18H,1-2,5H2. The van der Waals surface area contributed by atoms with Gasteiger partial charge < -0.3 is 10.0 Å². The Kier molecular flexibility index (Phi) is 5.28. The van der Waals surface area contributed by atoms with Crippen molar-refractivity contribution in [2.24, 2.45) is 0 Å². The van der Waals surface area contributed by atoms with E-state index in [1.165, 1.54) is 0 Å². The summed E-state index contributed by atoms with van der Waals surface area (Å²) in [6.07, 6.45) is -4.62. The number of hydrogen-bond donors (Lipinski definition) is 1. The third-order valence-electron chi connectivity index (χ3n) is 2.29. The highest BCUT2D eigenvalue weighted by Crippen LogP contribution is 2.34. The summed E-state index contributed by atoms with van der Waals surface area (Å²) in [5, 5.41) is 19.6. The maximum absolute atomic E-state index is 13.3. The van der Waals surface area contributed by atoms with E-state index in [4.69, 9.17) is 5.11 Å². The van der Waals surface area contributed by atoms with Crippen LogP contribution in [-0.2, 0) is 0 Å². The van der Waals surface area contributed by atoms with Gasteiger partial charge in [0.25, 0.3) is 5.69 Å². The van der Waals surface area contributed by atoms with Crippen LogP contribution in [0.1, 0.15) is 0 Å². The molecule has 1 rings (SSSR count). The quantitative estimate of drug-likeness (QED) is 0.498. The van der Waals surface area contributed by atoms with Crippen LogP contribution >= 0.6 is 15.9 Å². The molecule has 0 radical (unpaired) electrons. The minimum Gasteiger partial charge on any atom is -0.395 e. The van der Waals surface area contributed by atoms with Crippen LogP contribution in [0, 0.1) is 15.9 Å². The van der Waals surface area contributed by atoms with Gasteiger partial charge in [-0.25, -0.2) is 4.39 Å². The first-order valence-electron chi connectivity index (χ1n) is 5.21. The molecule has 0 heterocycles. The third-order valence-corrected chi connectivity index (χ3v) is 2.90. The Hall–Kier alpha value is -1.42. The number of benzene rings is 1. The predicted octanol–water partition coefficient (Wildman–Crippen LogP) is 2.86. The van der Waals surface area contributed by atoms with Gasteiger partial charge in [-0.05, 0) is 22.0 Å². The summed E-state index contributed by atoms with van der Waals surface area (Å²) in [6.45, 7) is -2.60. The number of alkyl halides is 3. The summed E-state index contributed by atoms with van der Waals surface area (Å²) in [7, 11) is 0. The van der Waals surface area contributed by atoms with Gasteiger partial charge in [-0.3, -0.25) is 10.1 Å². The Morgan fingerprint density at radius 2 is 2.00 bits per heavy atom. The minimum absolute atomic E-state index is 0.205. The molecular formula is C10H9BrF4N2O3. The number of aliphatic hydroxyl groups is 1. The van der Waals surface area contributed by atoms with Gasteiger partial charge in [0.15, 0.2) is 0 Å². The van der Waals surface area contributed by atoms with Crippen LogP contribution in [0.25, 0.3) is 0 Å². The molecule has 0 saturated carbocycles. The molecule has 1 aromatic carbocycles. The molecule has 0 saturated heterocycles. The molecule has 0 spiro atoms. The summed E-state index contributed by atoms with van der Waals surface area (Å²) in [5.74, 6) is -0.962. The van der Waals surface area contributed by atoms with Crippen LogP contribution in [0.5, 0.6) is 0 Å². The number of nitrogens with zero attached hydrogens (tertiary/aromatic N) is 2. The van der Waals surface area contributed by atoms with E-state index in [1.54, 1.807) is 0 Å². The van der Waals surface area contributed by atoms with Gasteiger partial charge in [-0.15, -0.1) is 0 Å². The summed E-state index contributed by atoms with van der Waals surface area (Å²) in [6, 6.07) is 1.41. The third kappa shape index (κ3) is 4.30. The number of halogens is 5. The van der Waals surface area contributed by atoms with Crippen LogP contribution in [0.4, 0.5) is 28.9 Å². The molecule has 20 heavy (non-hydrogen) atoms. The molecule has 0 atom stereocenters. The Morgan fingerprint density at radius 3 is 2.45 bits per heavy atom. The van der Waals surface area contributed by atoms with Crippen molar-refractivity contribution in [3.63, 3.8) is 0 Å². The van der Waals surface area contributed by atoms with Gasteiger partial charge in [-0.1, -0.05) is 0 Å². The second-order valence-corrected chi connectivity index (χ2v) is 4.63. The molecule has 0 aromatic heterocycles. The zero-order chi connectivity index (χ0) is 15.5. The average molecular weight is 361 g/mol. The topological polar surface area (TPSA) is 66.6 Å². The fourth-order valence-corrected chi connectivity index (χ4v) is 1.88. The zero-order valence-corrected chi connectivity index (χ0v) is 11.4. The largest absolute Gasteiger partial charge is 0.405 e. The number of nitro groups is 1. The van der Waals surface area contributed by atoms with Crippen LogP contribution in [0.15, 0.2) is 16.6 Å². The molecule has 0 aliphatic carbocycles. The van der Waals surface area contributed by atoms with Gasteiger partial charge in [0.2, 0.25) is 0 Å². The van der Waals surface area contributed by atoms with Crippen molar-refractivity contribution in [2.45, 2.75) is 6.18 Å². The highest BCUT2D eigenvalue weighted by Gasteiger charge is 2.33. The average Bonchev–Trinajstić information content (AvgIpc) is 2.29. The van der Waals surface area contributed by atoms with Crippen LogP contribution in [0.3, 0.4) is 0 Å². The van der Waals surface area contributed by atoms with Crippen molar-refractivity contribution in [1.29, 1.82) is 0 Å². The first-order valence-corrected chi connectivity index (χ1v) is 6.01. The number of nitro benzene ring substituents is 1. The van der Waals surface area contributed by atoms with Crippen molar-refractivity contribution < 1.29 is 27.6 Å². The SMILES string of the molecule is O=[N+]([O-])c1cc(F)c(Br)cc1N(CCO)CC(F)(F)F. The van der Waals surface area contributed by atoms with E-state index >= 15 is 0 Å². The van der Waals surface area contributed by atoms with Gasteiger partial charge in [0.05, 0.1) is 22.1 Å². The second-order valence-electron chi connectivity index (χ2n) is 3.77. The van der Waals surface area contributed by atoms with Gasteiger partial charge in [-0.2, -0.15) is 13.2 Å². The lowest BCUT2D eigenvalue weighted by atomic mass is 10.2. The smallest absolute Gasteiger partial charge is 0.395 e. The summed E-state index contributed by atoms with van der Waals surface area (Å²) in [4.78, 5) is 10.4. The number of anilines is 1. The van der Waals surface area contributed by atoms with Crippen LogP contribution in [-0.4, -0.2) is 35.9 Å². The second kappa shape index (κ2) is 6.35. The van der Waals surface area contributed by atoms with Crippen molar-refractivity contribution in [1.82, 2.24) is 0 Å². The molecule has 1 N–H and O–H groups in total. The Bertz CT molecular complexity index is 510. The minimum atomic E-state index is -4.62. The number of hydrogen-bond acceptors (Lipinski definition) is 4. The van der Waals surface area contributed by atoms with Gasteiger partial charge in [0, 0.05) is 6.54 Å². The molecule has 112 valence electrons. The summed E-state index contributed by atoms with van der Waals surface area (Å²) >= 11 is 2.76. The molecule has 0 fully saturated rings. The molecule has 0 amide bonds. The number of rotatable bonds is 5. The lowest BCUT2D eigenvalue weighted by Crippen LogP contribution is -2.36. The monoisotopic (exact) mass is 360 g/mol. The summed E-state index contributed by atoms with van der Waals surface area (Å²) in [5.41, 5.74) is -1.22. The van der Waals surface area contributed by atoms with Crippen LogP contribution < -0.4 is 4.90 Å². The first-order chi connectivity index (χ1) is 9.15. The fraction of sp³-hybridized carbons (Fsp3) is 0.400. The molecule has 0 unspecified atom stereocenters. The molecule has 0 bridgehead atoms. The molecular weight excluding hydrogens is 352 g/mol. The summed E-state index contributed by atoms with van der Waals surface area (Å²) < 4.78 is 50.4. The van der Waals surface area contributed by atoms with Gasteiger partial charge >= 0.3 is 6.18 Å². The molecule has 0 aliphatic heterocycles. The first kappa shape index (κ1) is 16.6. The lowest BCUT2D eigenvalue weighted by Gasteiger charge is -2.25. The van der Waals surface area contributed by atoms with E-state index in [0.717, 1.165) is 6.07 Å². The van der Waals surface area contributed by atoms with E-state index < -0.39 is 48.0 Å². The zero-order valence-electron chi connectivity index (χ0n) is 9.82. The van der Waals surface area contributed by atoms with E-state index in [2.05, 4.69) is 15.9 Å². The Balaban J connectivity index is 3.31. The van der Waals surface area contributed by atoms with E-state index in [-0.39, 0.29) is 4.47 Å². The fourth-order valence-electron chi connectivity index (χ4n) is 1.55. The van der Waals surface area contributed by atoms with Crippen molar-refractivity contribution >= 4 is 27.3 Å². The molecule has 10 heteroatoms. The molecule has 1 aromatic rings. The lowest BCUT2D eigenvalue weighted by molar-refractivity contribution is -0.384. The Labute approximate surface area is 119 Å². The Morgan fingerprint density at radius 1 is 1.40 bits per heavy atom. The molecule has 0 aliphatic rings. The number of aliphatic hydroxyl groups excluding tert-OH is 1. The predicted molar refractivity (Wildman–Crippen MR) is 66.1 cm³/mol. The molecule has 5 nitrogen and oxygen atoms in total. The highest BCUT2D eigenvalue weighted by atomic mass is 79.9. The maximum Gasteiger partial charge on any atom is 0.405 e. The maximum atomic E-state index is 13.3. The van der Waals surface area contributed by atoms with E-state index in [0.29, 0.717) is 11.0 Å². The van der Waals surface area contributed by atoms with Crippen molar-refractivity contribution in [3.05, 3.63) is 32.5 Å².